The van der Waals surface area contributed by atoms with Crippen LogP contribution in [0.1, 0.15) is 66.7 Å². The van der Waals surface area contributed by atoms with E-state index in [4.69, 9.17) is 19.9 Å². The third-order valence-corrected chi connectivity index (χ3v) is 5.29. The Morgan fingerprint density at radius 1 is 1.26 bits per heavy atom. The second kappa shape index (κ2) is 11.1. The minimum absolute atomic E-state index is 0.133. The Morgan fingerprint density at radius 3 is 2.77 bits per heavy atom. The van der Waals surface area contributed by atoms with E-state index in [0.29, 0.717) is 37.2 Å². The van der Waals surface area contributed by atoms with Crippen molar-refractivity contribution in [1.82, 2.24) is 9.55 Å². The molecule has 2 N–H and O–H groups in total. The summed E-state index contributed by atoms with van der Waals surface area (Å²) in [6.45, 7) is 5.16. The molecule has 2 heterocycles. The predicted molar refractivity (Wildman–Crippen MR) is 117 cm³/mol. The number of aromatic nitrogens is 2. The van der Waals surface area contributed by atoms with Gasteiger partial charge in [0.05, 0.1) is 18.3 Å². The number of nitrogens with zero attached hydrogens (tertiary/aromatic N) is 2. The van der Waals surface area contributed by atoms with Crippen LogP contribution in [0.25, 0.3) is 0 Å². The molecule has 8 nitrogen and oxygen atoms in total. The van der Waals surface area contributed by atoms with Gasteiger partial charge in [0.2, 0.25) is 0 Å². The minimum Gasteiger partial charge on any atom is -0.459 e. The van der Waals surface area contributed by atoms with E-state index in [1.807, 2.05) is 19.1 Å². The quantitative estimate of drug-likeness (QED) is 0.456. The molecule has 1 fully saturated rings. The molecular formula is C23H31N3O5. The molecule has 0 spiro atoms. The van der Waals surface area contributed by atoms with Crippen molar-refractivity contribution in [3.05, 3.63) is 57.6 Å². The Kier molecular flexibility index (Phi) is 8.20. The zero-order chi connectivity index (χ0) is 22.2. The van der Waals surface area contributed by atoms with Gasteiger partial charge < -0.3 is 19.9 Å². The highest BCUT2D eigenvalue weighted by Crippen LogP contribution is 2.28. The zero-order valence-electron chi connectivity index (χ0n) is 18.2. The minimum atomic E-state index is -0.470. The van der Waals surface area contributed by atoms with E-state index in [1.54, 1.807) is 18.3 Å². The maximum absolute atomic E-state index is 12.3. The van der Waals surface area contributed by atoms with Crippen molar-refractivity contribution in [1.29, 1.82) is 0 Å². The van der Waals surface area contributed by atoms with Gasteiger partial charge in [0.15, 0.2) is 0 Å². The van der Waals surface area contributed by atoms with Crippen LogP contribution < -0.4 is 11.4 Å². The van der Waals surface area contributed by atoms with Gasteiger partial charge in [0, 0.05) is 18.4 Å². The third-order valence-electron chi connectivity index (χ3n) is 5.29. The number of anilines is 1. The van der Waals surface area contributed by atoms with E-state index in [-0.39, 0.29) is 24.5 Å². The summed E-state index contributed by atoms with van der Waals surface area (Å²) < 4.78 is 18.4. The summed E-state index contributed by atoms with van der Waals surface area (Å²) in [7, 11) is 0. The summed E-state index contributed by atoms with van der Waals surface area (Å²) in [6.07, 6.45) is 5.42. The Hall–Kier alpha value is -2.71. The first-order valence-electron chi connectivity index (χ1n) is 10.8. The Labute approximate surface area is 182 Å². The zero-order valence-corrected chi connectivity index (χ0v) is 18.2. The van der Waals surface area contributed by atoms with Crippen molar-refractivity contribution in [2.24, 2.45) is 0 Å². The van der Waals surface area contributed by atoms with E-state index in [0.717, 1.165) is 24.8 Å². The maximum Gasteiger partial charge on any atom is 0.351 e. The van der Waals surface area contributed by atoms with Crippen molar-refractivity contribution in [2.75, 3.05) is 18.9 Å². The van der Waals surface area contributed by atoms with Crippen molar-refractivity contribution in [2.45, 2.75) is 64.9 Å². The van der Waals surface area contributed by atoms with Crippen LogP contribution in [0.3, 0.4) is 0 Å². The molecule has 0 saturated carbocycles. The first kappa shape index (κ1) is 23.0. The molecule has 1 aliphatic heterocycles. The SMILES string of the molecule is CCCCCOCc1cn([C@H]2CC[C@@H](COC(=O)c3ccc(C)cc3)O2)c(=O)nc1N. The van der Waals surface area contributed by atoms with Gasteiger partial charge in [0.25, 0.3) is 0 Å². The van der Waals surface area contributed by atoms with Gasteiger partial charge in [-0.1, -0.05) is 37.5 Å². The van der Waals surface area contributed by atoms with Crippen LogP contribution in [0.5, 0.6) is 0 Å². The Bertz CT molecular complexity index is 926. The van der Waals surface area contributed by atoms with Crippen molar-refractivity contribution in [3.8, 4) is 0 Å². The number of hydrogen-bond donors (Lipinski definition) is 1. The van der Waals surface area contributed by atoms with Gasteiger partial charge in [-0.05, 0) is 38.3 Å². The molecule has 0 amide bonds. The molecule has 1 aromatic heterocycles. The molecule has 0 bridgehead atoms. The van der Waals surface area contributed by atoms with Crippen LogP contribution in [0.4, 0.5) is 5.82 Å². The number of carbonyl (C=O) groups excluding carboxylic acids is 1. The molecule has 3 rings (SSSR count). The number of hydrogen-bond acceptors (Lipinski definition) is 7. The third kappa shape index (κ3) is 6.38. The summed E-state index contributed by atoms with van der Waals surface area (Å²) >= 11 is 0. The molecule has 31 heavy (non-hydrogen) atoms. The summed E-state index contributed by atoms with van der Waals surface area (Å²) in [5.41, 5.74) is 7.68. The van der Waals surface area contributed by atoms with Crippen LogP contribution >= 0.6 is 0 Å². The lowest BCUT2D eigenvalue weighted by atomic mass is 10.1. The number of nitrogens with two attached hydrogens (primary N) is 1. The van der Waals surface area contributed by atoms with E-state index < -0.39 is 11.9 Å². The molecule has 0 aliphatic carbocycles. The number of benzene rings is 1. The molecule has 0 radical (unpaired) electrons. The largest absolute Gasteiger partial charge is 0.459 e. The lowest BCUT2D eigenvalue weighted by Gasteiger charge is -2.17. The number of nitrogen functional groups attached to an aromatic ring is 1. The van der Waals surface area contributed by atoms with Crippen LogP contribution in [-0.2, 0) is 20.8 Å². The van der Waals surface area contributed by atoms with E-state index in [9.17, 15) is 9.59 Å². The van der Waals surface area contributed by atoms with Crippen LogP contribution in [0, 0.1) is 6.92 Å². The van der Waals surface area contributed by atoms with Gasteiger partial charge in [-0.15, -0.1) is 0 Å². The lowest BCUT2D eigenvalue weighted by Crippen LogP contribution is -2.29. The standard InChI is InChI=1S/C23H31N3O5/c1-3-4-5-12-29-14-18-13-26(23(28)25-21(18)24)20-11-10-19(31-20)15-30-22(27)17-8-6-16(2)7-9-17/h6-9,13,19-20H,3-5,10-12,14-15H2,1-2H3,(H2,24,25,28)/t19-,20+/m0/s1. The van der Waals surface area contributed by atoms with Crippen molar-refractivity contribution >= 4 is 11.8 Å². The van der Waals surface area contributed by atoms with Crippen molar-refractivity contribution < 1.29 is 19.0 Å². The fraction of sp³-hybridized carbons (Fsp3) is 0.522. The number of ether oxygens (including phenoxy) is 3. The van der Waals surface area contributed by atoms with Crippen LogP contribution in [0.15, 0.2) is 35.3 Å². The highest BCUT2D eigenvalue weighted by Gasteiger charge is 2.29. The fourth-order valence-corrected chi connectivity index (χ4v) is 3.43. The van der Waals surface area contributed by atoms with Gasteiger partial charge >= 0.3 is 11.7 Å². The fourth-order valence-electron chi connectivity index (χ4n) is 3.43. The number of carbonyl (C=O) groups is 1. The monoisotopic (exact) mass is 429 g/mol. The van der Waals surface area contributed by atoms with Crippen LogP contribution in [0.2, 0.25) is 0 Å². The summed E-state index contributed by atoms with van der Waals surface area (Å²) in [5, 5.41) is 0. The Balaban J connectivity index is 1.55. The normalized spacial score (nSPS) is 18.3. The molecule has 2 atom stereocenters. The topological polar surface area (TPSA) is 106 Å². The van der Waals surface area contributed by atoms with Gasteiger partial charge in [-0.25, -0.2) is 9.59 Å². The molecule has 2 aromatic rings. The second-order valence-electron chi connectivity index (χ2n) is 7.86. The van der Waals surface area contributed by atoms with E-state index in [2.05, 4.69) is 11.9 Å². The Morgan fingerprint density at radius 2 is 2.03 bits per heavy atom. The average molecular weight is 430 g/mol. The van der Waals surface area contributed by atoms with Gasteiger partial charge in [-0.2, -0.15) is 4.98 Å². The molecule has 8 heteroatoms. The number of unbranched alkanes of at least 4 members (excludes halogenated alkanes) is 2. The molecular weight excluding hydrogens is 398 g/mol. The average Bonchev–Trinajstić information content (AvgIpc) is 3.22. The highest BCUT2D eigenvalue weighted by molar-refractivity contribution is 5.89. The maximum atomic E-state index is 12.3. The van der Waals surface area contributed by atoms with E-state index >= 15 is 0 Å². The first-order valence-corrected chi connectivity index (χ1v) is 10.8. The number of aryl methyl sites for hydroxylation is 1. The smallest absolute Gasteiger partial charge is 0.351 e. The van der Waals surface area contributed by atoms with E-state index in [1.165, 1.54) is 4.57 Å². The summed E-state index contributed by atoms with van der Waals surface area (Å²) in [5.74, 6) is -0.209. The van der Waals surface area contributed by atoms with Crippen LogP contribution in [-0.4, -0.2) is 34.8 Å². The molecule has 1 saturated heterocycles. The first-order chi connectivity index (χ1) is 15.0. The summed E-state index contributed by atoms with van der Waals surface area (Å²) in [4.78, 5) is 28.5. The number of esters is 1. The second-order valence-corrected chi connectivity index (χ2v) is 7.86. The molecule has 1 aliphatic rings. The lowest BCUT2D eigenvalue weighted by molar-refractivity contribution is -0.0341. The van der Waals surface area contributed by atoms with Crippen molar-refractivity contribution in [3.63, 3.8) is 0 Å². The molecule has 1 aromatic carbocycles. The number of rotatable bonds is 10. The molecule has 168 valence electrons. The highest BCUT2D eigenvalue weighted by atomic mass is 16.6. The predicted octanol–water partition coefficient (Wildman–Crippen LogP) is 3.38. The van der Waals surface area contributed by atoms with Gasteiger partial charge in [0.1, 0.15) is 18.7 Å². The van der Waals surface area contributed by atoms with Gasteiger partial charge in [-0.3, -0.25) is 4.57 Å². The molecule has 0 unspecified atom stereocenters. The summed E-state index contributed by atoms with van der Waals surface area (Å²) in [6, 6.07) is 7.21.